The first-order valence-corrected chi connectivity index (χ1v) is 5.84. The highest BCUT2D eigenvalue weighted by Gasteiger charge is 2.11. The lowest BCUT2D eigenvalue weighted by Crippen LogP contribution is -2.36. The molecule has 1 aromatic carbocycles. The molecule has 5 heteroatoms. The number of carbonyl (C=O) groups is 1. The van der Waals surface area contributed by atoms with E-state index in [1.54, 1.807) is 18.2 Å². The van der Waals surface area contributed by atoms with Gasteiger partial charge in [-0.25, -0.2) is 0 Å². The Balaban J connectivity index is 2.76. The van der Waals surface area contributed by atoms with Crippen molar-refractivity contribution in [2.75, 3.05) is 12.3 Å². The Labute approximate surface area is 103 Å². The molecule has 0 saturated carbocycles. The average Bonchev–Trinajstić information content (AvgIpc) is 2.29. The topological polar surface area (TPSA) is 75.3 Å². The maximum absolute atomic E-state index is 11.7. The Bertz CT molecular complexity index is 378. The van der Waals surface area contributed by atoms with Crippen molar-refractivity contribution in [3.63, 3.8) is 0 Å². The van der Waals surface area contributed by atoms with Crippen LogP contribution in [0.1, 0.15) is 23.7 Å². The minimum atomic E-state index is -0.222. The fraction of sp³-hybridized carbons (Fsp3) is 0.364. The summed E-state index contributed by atoms with van der Waals surface area (Å²) >= 11 is 3.26. The number of aliphatic hydroxyl groups is 1. The minimum absolute atomic E-state index is 0.0613. The zero-order valence-electron chi connectivity index (χ0n) is 9.03. The highest BCUT2D eigenvalue weighted by molar-refractivity contribution is 9.10. The average molecular weight is 287 g/mol. The molecule has 0 bridgehead atoms. The predicted octanol–water partition coefficient (Wildman–Crippen LogP) is 1.53. The Hall–Kier alpha value is -1.07. The summed E-state index contributed by atoms with van der Waals surface area (Å²) in [7, 11) is 0. The molecule has 88 valence electrons. The molecule has 1 unspecified atom stereocenters. The molecule has 16 heavy (non-hydrogen) atoms. The third-order valence-corrected chi connectivity index (χ3v) is 3.03. The number of rotatable bonds is 4. The van der Waals surface area contributed by atoms with Crippen molar-refractivity contribution in [1.29, 1.82) is 0 Å². The van der Waals surface area contributed by atoms with Gasteiger partial charge in [-0.15, -0.1) is 0 Å². The molecule has 0 spiro atoms. The molecule has 4 N–H and O–H groups in total. The Morgan fingerprint density at radius 1 is 1.62 bits per heavy atom. The molecule has 0 heterocycles. The van der Waals surface area contributed by atoms with Gasteiger partial charge in [-0.3, -0.25) is 4.79 Å². The van der Waals surface area contributed by atoms with Crippen molar-refractivity contribution in [1.82, 2.24) is 5.32 Å². The molecule has 1 amide bonds. The van der Waals surface area contributed by atoms with Crippen molar-refractivity contribution in [2.45, 2.75) is 19.4 Å². The summed E-state index contributed by atoms with van der Waals surface area (Å²) in [4.78, 5) is 11.7. The van der Waals surface area contributed by atoms with Crippen LogP contribution in [0.5, 0.6) is 0 Å². The number of halogens is 1. The van der Waals surface area contributed by atoms with Gasteiger partial charge in [0.05, 0.1) is 12.6 Å². The zero-order valence-corrected chi connectivity index (χ0v) is 10.6. The van der Waals surface area contributed by atoms with E-state index in [9.17, 15) is 4.79 Å². The van der Waals surface area contributed by atoms with Gasteiger partial charge in [0.2, 0.25) is 0 Å². The van der Waals surface area contributed by atoms with Crippen molar-refractivity contribution in [3.05, 3.63) is 28.2 Å². The van der Waals surface area contributed by atoms with E-state index >= 15 is 0 Å². The Morgan fingerprint density at radius 2 is 2.31 bits per heavy atom. The summed E-state index contributed by atoms with van der Waals surface area (Å²) in [6.07, 6.45) is 0.689. The fourth-order valence-corrected chi connectivity index (χ4v) is 1.48. The van der Waals surface area contributed by atoms with Crippen LogP contribution in [0, 0.1) is 0 Å². The van der Waals surface area contributed by atoms with Gasteiger partial charge in [0, 0.05) is 15.7 Å². The number of carbonyl (C=O) groups excluding carboxylic acids is 1. The van der Waals surface area contributed by atoms with Crippen molar-refractivity contribution < 1.29 is 9.90 Å². The van der Waals surface area contributed by atoms with E-state index < -0.39 is 0 Å². The second kappa shape index (κ2) is 5.86. The summed E-state index contributed by atoms with van der Waals surface area (Å²) in [5.74, 6) is -0.222. The zero-order chi connectivity index (χ0) is 12.1. The van der Waals surface area contributed by atoms with Crippen LogP contribution in [0.4, 0.5) is 5.69 Å². The Kier molecular flexibility index (Phi) is 4.76. The van der Waals surface area contributed by atoms with Gasteiger partial charge in [0.15, 0.2) is 0 Å². The predicted molar refractivity (Wildman–Crippen MR) is 67.2 cm³/mol. The molecule has 0 aliphatic carbocycles. The molecule has 4 nitrogen and oxygen atoms in total. The van der Waals surface area contributed by atoms with Crippen LogP contribution in [0.25, 0.3) is 0 Å². The van der Waals surface area contributed by atoms with Gasteiger partial charge in [0.1, 0.15) is 0 Å². The van der Waals surface area contributed by atoms with Crippen LogP contribution in [0.2, 0.25) is 0 Å². The quantitative estimate of drug-likeness (QED) is 0.735. The summed E-state index contributed by atoms with van der Waals surface area (Å²) in [6.45, 7) is 1.84. The smallest absolute Gasteiger partial charge is 0.251 e. The fourth-order valence-electron chi connectivity index (χ4n) is 1.23. The van der Waals surface area contributed by atoms with Gasteiger partial charge in [-0.1, -0.05) is 6.92 Å². The number of nitrogens with two attached hydrogens (primary N) is 1. The molecule has 0 aliphatic rings. The van der Waals surface area contributed by atoms with Crippen molar-refractivity contribution in [3.8, 4) is 0 Å². The van der Waals surface area contributed by atoms with E-state index in [-0.39, 0.29) is 18.6 Å². The van der Waals surface area contributed by atoms with E-state index in [2.05, 4.69) is 21.2 Å². The maximum atomic E-state index is 11.7. The molecule has 0 radical (unpaired) electrons. The first-order chi connectivity index (χ1) is 7.58. The number of aliphatic hydroxyl groups excluding tert-OH is 1. The Morgan fingerprint density at radius 3 is 2.81 bits per heavy atom. The molecule has 1 rings (SSSR count). The molecule has 0 saturated heterocycles. The van der Waals surface area contributed by atoms with Crippen LogP contribution < -0.4 is 11.1 Å². The van der Waals surface area contributed by atoms with Gasteiger partial charge < -0.3 is 16.2 Å². The second-order valence-corrected chi connectivity index (χ2v) is 4.35. The SMILES string of the molecule is CCC(CO)NC(=O)c1ccc(Br)c(N)c1. The molecule has 1 atom stereocenters. The summed E-state index contributed by atoms with van der Waals surface area (Å²) in [5, 5.41) is 11.7. The van der Waals surface area contributed by atoms with E-state index in [0.29, 0.717) is 17.7 Å². The highest BCUT2D eigenvalue weighted by Crippen LogP contribution is 2.20. The molecule has 0 aliphatic heterocycles. The van der Waals surface area contributed by atoms with Crippen LogP contribution in [0.15, 0.2) is 22.7 Å². The minimum Gasteiger partial charge on any atom is -0.398 e. The third-order valence-electron chi connectivity index (χ3n) is 2.31. The summed E-state index contributed by atoms with van der Waals surface area (Å²) in [6, 6.07) is 4.80. The van der Waals surface area contributed by atoms with Gasteiger partial charge >= 0.3 is 0 Å². The number of benzene rings is 1. The maximum Gasteiger partial charge on any atom is 0.251 e. The lowest BCUT2D eigenvalue weighted by Gasteiger charge is -2.14. The normalized spacial score (nSPS) is 12.2. The second-order valence-electron chi connectivity index (χ2n) is 3.50. The number of nitrogens with one attached hydrogen (secondary N) is 1. The van der Waals surface area contributed by atoms with Crippen LogP contribution in [-0.4, -0.2) is 23.7 Å². The lowest BCUT2D eigenvalue weighted by atomic mass is 10.1. The standard InChI is InChI=1S/C11H15BrN2O2/c1-2-8(6-15)14-11(16)7-3-4-9(12)10(13)5-7/h3-5,8,15H,2,6,13H2,1H3,(H,14,16). The lowest BCUT2D eigenvalue weighted by molar-refractivity contribution is 0.0915. The molecule has 0 fully saturated rings. The number of anilines is 1. The van der Waals surface area contributed by atoms with Crippen LogP contribution >= 0.6 is 15.9 Å². The van der Waals surface area contributed by atoms with E-state index in [1.165, 1.54) is 0 Å². The molecule has 1 aromatic rings. The summed E-state index contributed by atoms with van der Waals surface area (Å²) < 4.78 is 0.762. The van der Waals surface area contributed by atoms with Crippen molar-refractivity contribution >= 4 is 27.5 Å². The van der Waals surface area contributed by atoms with E-state index in [1.807, 2.05) is 6.92 Å². The van der Waals surface area contributed by atoms with Gasteiger partial charge in [-0.2, -0.15) is 0 Å². The molecular formula is C11H15BrN2O2. The first-order valence-electron chi connectivity index (χ1n) is 5.05. The number of amides is 1. The largest absolute Gasteiger partial charge is 0.398 e. The number of hydrogen-bond donors (Lipinski definition) is 3. The monoisotopic (exact) mass is 286 g/mol. The first kappa shape index (κ1) is 13.0. The molecule has 0 aromatic heterocycles. The van der Waals surface area contributed by atoms with Crippen LogP contribution in [0.3, 0.4) is 0 Å². The van der Waals surface area contributed by atoms with Crippen molar-refractivity contribution in [2.24, 2.45) is 0 Å². The molecular weight excluding hydrogens is 272 g/mol. The van der Waals surface area contributed by atoms with Gasteiger partial charge in [0.25, 0.3) is 5.91 Å². The van der Waals surface area contributed by atoms with Gasteiger partial charge in [-0.05, 0) is 40.5 Å². The number of hydrogen-bond acceptors (Lipinski definition) is 3. The van der Waals surface area contributed by atoms with E-state index in [4.69, 9.17) is 10.8 Å². The van der Waals surface area contributed by atoms with Crippen LogP contribution in [-0.2, 0) is 0 Å². The summed E-state index contributed by atoms with van der Waals surface area (Å²) in [5.41, 5.74) is 6.69. The number of nitrogen functional groups attached to an aromatic ring is 1. The highest BCUT2D eigenvalue weighted by atomic mass is 79.9. The third kappa shape index (κ3) is 3.21. The van der Waals surface area contributed by atoms with E-state index in [0.717, 1.165) is 4.47 Å².